The van der Waals surface area contributed by atoms with Gasteiger partial charge in [0.05, 0.1) is 17.6 Å². The van der Waals surface area contributed by atoms with Crippen molar-refractivity contribution in [3.05, 3.63) is 0 Å². The second-order valence-electron chi connectivity index (χ2n) is 7.52. The highest BCUT2D eigenvalue weighted by Gasteiger charge is 2.40. The van der Waals surface area contributed by atoms with Crippen molar-refractivity contribution in [1.82, 2.24) is 9.80 Å². The van der Waals surface area contributed by atoms with Crippen LogP contribution in [0.25, 0.3) is 0 Å². The maximum Gasteiger partial charge on any atom is 0.410 e. The molecule has 1 amide bonds. The molecular weight excluding hydrogens is 282 g/mol. The van der Waals surface area contributed by atoms with Crippen LogP contribution in [0.2, 0.25) is 0 Å². The van der Waals surface area contributed by atoms with Crippen molar-refractivity contribution >= 4 is 6.09 Å². The van der Waals surface area contributed by atoms with E-state index >= 15 is 0 Å². The number of hydrogen-bond acceptors (Lipinski definition) is 5. The van der Waals surface area contributed by atoms with Crippen LogP contribution in [0.4, 0.5) is 4.79 Å². The Labute approximate surface area is 133 Å². The summed E-state index contributed by atoms with van der Waals surface area (Å²) in [5, 5.41) is 19.8. The zero-order valence-electron chi connectivity index (χ0n) is 14.4. The van der Waals surface area contributed by atoms with Crippen molar-refractivity contribution in [3.8, 4) is 6.07 Å². The number of carbonyl (C=O) groups excluding carboxylic acids is 1. The SMILES string of the molecule is CN(C)C[C@@H](O)C[C@@]1(C#N)CCCN(C(=O)OC(C)(C)C)C1. The number of likely N-dealkylation sites (tertiary alicyclic amines) is 1. The van der Waals surface area contributed by atoms with E-state index < -0.39 is 17.1 Å². The third-order valence-electron chi connectivity index (χ3n) is 3.67. The van der Waals surface area contributed by atoms with Crippen LogP contribution in [0, 0.1) is 16.7 Å². The summed E-state index contributed by atoms with van der Waals surface area (Å²) in [6.07, 6.45) is 0.873. The highest BCUT2D eigenvalue weighted by molar-refractivity contribution is 5.68. The van der Waals surface area contributed by atoms with Gasteiger partial charge in [-0.1, -0.05) is 0 Å². The zero-order chi connectivity index (χ0) is 17.0. The molecule has 0 bridgehead atoms. The smallest absolute Gasteiger partial charge is 0.410 e. The van der Waals surface area contributed by atoms with Crippen molar-refractivity contribution in [2.75, 3.05) is 33.7 Å². The summed E-state index contributed by atoms with van der Waals surface area (Å²) >= 11 is 0. The van der Waals surface area contributed by atoms with Gasteiger partial charge in [-0.25, -0.2) is 4.79 Å². The van der Waals surface area contributed by atoms with Crippen LogP contribution in [0.15, 0.2) is 0 Å². The number of nitriles is 1. The van der Waals surface area contributed by atoms with E-state index in [-0.39, 0.29) is 6.09 Å². The van der Waals surface area contributed by atoms with E-state index in [4.69, 9.17) is 4.74 Å². The highest BCUT2D eigenvalue weighted by Crippen LogP contribution is 2.34. The lowest BCUT2D eigenvalue weighted by Gasteiger charge is -2.39. The lowest BCUT2D eigenvalue weighted by Crippen LogP contribution is -2.49. The average Bonchev–Trinajstić information content (AvgIpc) is 2.35. The summed E-state index contributed by atoms with van der Waals surface area (Å²) in [5.41, 5.74) is -1.24. The fraction of sp³-hybridized carbons (Fsp3) is 0.875. The number of likely N-dealkylation sites (N-methyl/N-ethyl adjacent to an activating group) is 1. The van der Waals surface area contributed by atoms with Gasteiger partial charge in [0.2, 0.25) is 0 Å². The summed E-state index contributed by atoms with van der Waals surface area (Å²) in [5.74, 6) is 0. The lowest BCUT2D eigenvalue weighted by atomic mass is 9.77. The van der Waals surface area contributed by atoms with E-state index in [9.17, 15) is 15.2 Å². The number of aliphatic hydroxyl groups excluding tert-OH is 1. The molecule has 1 heterocycles. The third-order valence-corrected chi connectivity index (χ3v) is 3.67. The number of hydrogen-bond donors (Lipinski definition) is 1. The Hall–Kier alpha value is -1.32. The standard InChI is InChI=1S/C16H29N3O3/c1-15(2,3)22-14(21)19-8-6-7-16(11-17,12-19)9-13(20)10-18(4)5/h13,20H,6-10,12H2,1-5H3/t13-,16+/m0/s1. The van der Waals surface area contributed by atoms with Gasteiger partial charge in [-0.3, -0.25) is 0 Å². The molecule has 22 heavy (non-hydrogen) atoms. The van der Waals surface area contributed by atoms with Crippen molar-refractivity contribution < 1.29 is 14.6 Å². The highest BCUT2D eigenvalue weighted by atomic mass is 16.6. The van der Waals surface area contributed by atoms with Crippen molar-refractivity contribution in [2.45, 2.75) is 51.7 Å². The quantitative estimate of drug-likeness (QED) is 0.857. The Balaban J connectivity index is 2.73. The fourth-order valence-electron chi connectivity index (χ4n) is 2.85. The molecule has 126 valence electrons. The minimum absolute atomic E-state index is 0.322. The molecule has 0 radical (unpaired) electrons. The maximum atomic E-state index is 12.2. The van der Waals surface area contributed by atoms with Crippen LogP contribution >= 0.6 is 0 Å². The van der Waals surface area contributed by atoms with Crippen molar-refractivity contribution in [2.24, 2.45) is 5.41 Å². The Morgan fingerprint density at radius 3 is 2.64 bits per heavy atom. The molecule has 6 heteroatoms. The maximum absolute atomic E-state index is 12.2. The van der Waals surface area contributed by atoms with E-state index in [1.165, 1.54) is 0 Å². The molecule has 1 fully saturated rings. The van der Waals surface area contributed by atoms with Gasteiger partial charge in [0.1, 0.15) is 5.60 Å². The molecule has 0 aromatic carbocycles. The first-order valence-corrected chi connectivity index (χ1v) is 7.79. The number of ether oxygens (including phenoxy) is 1. The third kappa shape index (κ3) is 5.82. The first kappa shape index (κ1) is 18.7. The second-order valence-corrected chi connectivity index (χ2v) is 7.52. The van der Waals surface area contributed by atoms with Gasteiger partial charge in [0.15, 0.2) is 0 Å². The van der Waals surface area contributed by atoms with Crippen LogP contribution in [-0.2, 0) is 4.74 Å². The number of amides is 1. The van der Waals surface area contributed by atoms with Gasteiger partial charge in [0.25, 0.3) is 0 Å². The Morgan fingerprint density at radius 2 is 2.14 bits per heavy atom. The molecule has 1 N–H and O–H groups in total. The number of nitrogens with zero attached hydrogens (tertiary/aromatic N) is 3. The molecule has 0 saturated carbocycles. The predicted octanol–water partition coefficient (Wildman–Crippen LogP) is 1.84. The number of piperidine rings is 1. The van der Waals surface area contributed by atoms with E-state index in [1.807, 2.05) is 39.8 Å². The minimum atomic E-state index is -0.690. The average molecular weight is 311 g/mol. The molecule has 6 nitrogen and oxygen atoms in total. The van der Waals surface area contributed by atoms with Crippen LogP contribution < -0.4 is 0 Å². The summed E-state index contributed by atoms with van der Waals surface area (Å²) in [6, 6.07) is 2.34. The first-order valence-electron chi connectivity index (χ1n) is 7.79. The monoisotopic (exact) mass is 311 g/mol. The van der Waals surface area contributed by atoms with Gasteiger partial charge in [-0.05, 0) is 54.1 Å². The fourth-order valence-corrected chi connectivity index (χ4v) is 2.85. The topological polar surface area (TPSA) is 76.8 Å². The Morgan fingerprint density at radius 1 is 1.50 bits per heavy atom. The molecule has 1 aliphatic rings. The molecule has 0 unspecified atom stereocenters. The summed E-state index contributed by atoms with van der Waals surface area (Å²) < 4.78 is 5.39. The van der Waals surface area contributed by atoms with Crippen LogP contribution in [0.1, 0.15) is 40.0 Å². The zero-order valence-corrected chi connectivity index (χ0v) is 14.4. The molecule has 1 rings (SSSR count). The van der Waals surface area contributed by atoms with Crippen LogP contribution in [0.3, 0.4) is 0 Å². The van der Waals surface area contributed by atoms with E-state index in [0.717, 1.165) is 6.42 Å². The Bertz CT molecular complexity index is 425. The largest absolute Gasteiger partial charge is 0.444 e. The van der Waals surface area contributed by atoms with Gasteiger partial charge < -0.3 is 19.6 Å². The van der Waals surface area contributed by atoms with Crippen molar-refractivity contribution in [1.29, 1.82) is 5.26 Å². The van der Waals surface area contributed by atoms with Gasteiger partial charge in [-0.2, -0.15) is 5.26 Å². The van der Waals surface area contributed by atoms with Gasteiger partial charge in [0, 0.05) is 19.6 Å². The first-order chi connectivity index (χ1) is 10.1. The molecule has 0 aromatic heterocycles. The normalized spacial score (nSPS) is 24.0. The molecule has 2 atom stereocenters. The lowest BCUT2D eigenvalue weighted by molar-refractivity contribution is 0.00243. The number of rotatable bonds is 4. The van der Waals surface area contributed by atoms with E-state index in [1.54, 1.807) is 4.90 Å². The number of carbonyl (C=O) groups is 1. The molecule has 1 saturated heterocycles. The van der Waals surface area contributed by atoms with E-state index in [2.05, 4.69) is 6.07 Å². The molecule has 0 aromatic rings. The Kier molecular flexibility index (Phi) is 6.21. The number of aliphatic hydroxyl groups is 1. The van der Waals surface area contributed by atoms with Crippen LogP contribution in [-0.4, -0.2) is 66.4 Å². The molecule has 0 spiro atoms. The molecule has 1 aliphatic heterocycles. The second kappa shape index (κ2) is 7.30. The van der Waals surface area contributed by atoms with E-state index in [0.29, 0.717) is 32.5 Å². The summed E-state index contributed by atoms with van der Waals surface area (Å²) in [6.45, 7) is 6.91. The summed E-state index contributed by atoms with van der Waals surface area (Å²) in [7, 11) is 3.77. The molecular formula is C16H29N3O3. The summed E-state index contributed by atoms with van der Waals surface area (Å²) in [4.78, 5) is 15.7. The van der Waals surface area contributed by atoms with Gasteiger partial charge >= 0.3 is 6.09 Å². The predicted molar refractivity (Wildman–Crippen MR) is 84.3 cm³/mol. The van der Waals surface area contributed by atoms with Crippen LogP contribution in [0.5, 0.6) is 0 Å². The van der Waals surface area contributed by atoms with Crippen molar-refractivity contribution in [3.63, 3.8) is 0 Å². The van der Waals surface area contributed by atoms with Gasteiger partial charge in [-0.15, -0.1) is 0 Å². The minimum Gasteiger partial charge on any atom is -0.444 e. The molecule has 0 aliphatic carbocycles.